The van der Waals surface area contributed by atoms with Crippen LogP contribution in [0.25, 0.3) is 0 Å². The Morgan fingerprint density at radius 3 is 2.74 bits per heavy atom. The number of nitrogens with one attached hydrogen (secondary N) is 1. The Kier molecular flexibility index (Phi) is 8.45. The maximum Gasteiger partial charge on any atom is 0.193 e. The number of hydrogen-bond donors (Lipinski definition) is 1. The van der Waals surface area contributed by atoms with Crippen LogP contribution >= 0.6 is 24.0 Å². The second kappa shape index (κ2) is 11.1. The summed E-state index contributed by atoms with van der Waals surface area (Å²) in [4.78, 5) is 6.86. The number of benzene rings is 1. The molecule has 31 heavy (non-hydrogen) atoms. The Morgan fingerprint density at radius 2 is 2.06 bits per heavy atom. The predicted molar refractivity (Wildman–Crippen MR) is 134 cm³/mol. The molecule has 1 aromatic heterocycles. The normalized spacial score (nSPS) is 19.4. The molecule has 1 unspecified atom stereocenters. The highest BCUT2D eigenvalue weighted by atomic mass is 127. The number of nitrogens with zero attached hydrogens (tertiary/aromatic N) is 4. The monoisotopic (exact) mass is 539 g/mol. The van der Waals surface area contributed by atoms with Crippen LogP contribution in [-0.4, -0.2) is 54.0 Å². The molecule has 1 aliphatic carbocycles. The summed E-state index contributed by atoms with van der Waals surface area (Å²) in [5.41, 5.74) is 2.43. The first-order valence-corrected chi connectivity index (χ1v) is 10.9. The van der Waals surface area contributed by atoms with Gasteiger partial charge in [0, 0.05) is 57.5 Å². The van der Waals surface area contributed by atoms with Gasteiger partial charge in [0.1, 0.15) is 11.5 Å². The third-order valence-corrected chi connectivity index (χ3v) is 6.20. The minimum absolute atomic E-state index is 0. The quantitative estimate of drug-likeness (QED) is 0.343. The smallest absolute Gasteiger partial charge is 0.193 e. The molecule has 7 nitrogen and oxygen atoms in total. The first kappa shape index (κ1) is 23.7. The first-order chi connectivity index (χ1) is 14.7. The molecule has 1 aliphatic heterocycles. The summed E-state index contributed by atoms with van der Waals surface area (Å²) in [5, 5.41) is 7.86. The standard InChI is InChI=1S/C23H33N5O2.HI/c1-24-23(28-11-10-18(16-28)19-14-26-27(2)15-19)25-13-17-8-9-21(29-3)12-22(17)30-20-6-4-5-7-20;/h8-9,12,14-15,18,20H,4-7,10-11,13,16H2,1-3H3,(H,24,25);1H. The van der Waals surface area contributed by atoms with Gasteiger partial charge in [-0.3, -0.25) is 9.67 Å². The fourth-order valence-electron chi connectivity index (χ4n) is 4.49. The van der Waals surface area contributed by atoms with Gasteiger partial charge in [-0.25, -0.2) is 0 Å². The molecule has 8 heteroatoms. The highest BCUT2D eigenvalue weighted by Crippen LogP contribution is 2.30. The molecule has 1 N–H and O–H groups in total. The van der Waals surface area contributed by atoms with E-state index in [1.54, 1.807) is 7.11 Å². The van der Waals surface area contributed by atoms with Gasteiger partial charge in [0.05, 0.1) is 19.4 Å². The lowest BCUT2D eigenvalue weighted by atomic mass is 10.0. The van der Waals surface area contributed by atoms with Crippen molar-refractivity contribution in [1.29, 1.82) is 0 Å². The zero-order chi connectivity index (χ0) is 20.9. The number of methoxy groups -OCH3 is 1. The number of ether oxygens (including phenoxy) is 2. The predicted octanol–water partition coefficient (Wildman–Crippen LogP) is 3.93. The molecule has 2 aliphatic rings. The van der Waals surface area contributed by atoms with E-state index in [2.05, 4.69) is 32.6 Å². The Hall–Kier alpha value is -1.97. The van der Waals surface area contributed by atoms with Crippen molar-refractivity contribution in [1.82, 2.24) is 20.0 Å². The molecule has 1 saturated carbocycles. The van der Waals surface area contributed by atoms with Crippen LogP contribution in [0.5, 0.6) is 11.5 Å². The van der Waals surface area contributed by atoms with Crippen molar-refractivity contribution in [3.8, 4) is 11.5 Å². The van der Waals surface area contributed by atoms with Crippen LogP contribution in [0, 0.1) is 0 Å². The molecule has 1 aromatic carbocycles. The third kappa shape index (κ3) is 5.84. The van der Waals surface area contributed by atoms with Crippen LogP contribution in [0.1, 0.15) is 49.1 Å². The summed E-state index contributed by atoms with van der Waals surface area (Å²) < 4.78 is 13.6. The van der Waals surface area contributed by atoms with Gasteiger partial charge in [0.25, 0.3) is 0 Å². The van der Waals surface area contributed by atoms with Crippen molar-refractivity contribution in [3.63, 3.8) is 0 Å². The number of aromatic nitrogens is 2. The second-order valence-corrected chi connectivity index (χ2v) is 8.28. The van der Waals surface area contributed by atoms with Crippen LogP contribution in [0.2, 0.25) is 0 Å². The zero-order valence-corrected chi connectivity index (χ0v) is 21.0. The van der Waals surface area contributed by atoms with Gasteiger partial charge in [-0.05, 0) is 49.8 Å². The van der Waals surface area contributed by atoms with E-state index in [0.717, 1.165) is 55.4 Å². The highest BCUT2D eigenvalue weighted by molar-refractivity contribution is 14.0. The first-order valence-electron chi connectivity index (χ1n) is 10.9. The number of guanidine groups is 1. The third-order valence-electron chi connectivity index (χ3n) is 6.20. The summed E-state index contributed by atoms with van der Waals surface area (Å²) >= 11 is 0. The van der Waals surface area contributed by atoms with Gasteiger partial charge < -0.3 is 19.7 Å². The molecular formula is C23H34IN5O2. The van der Waals surface area contributed by atoms with E-state index >= 15 is 0 Å². The molecule has 1 saturated heterocycles. The second-order valence-electron chi connectivity index (χ2n) is 8.28. The lowest BCUT2D eigenvalue weighted by Gasteiger charge is -2.23. The number of hydrogen-bond acceptors (Lipinski definition) is 4. The van der Waals surface area contributed by atoms with Gasteiger partial charge in [-0.1, -0.05) is 0 Å². The summed E-state index contributed by atoms with van der Waals surface area (Å²) in [6.07, 6.45) is 10.3. The Morgan fingerprint density at radius 1 is 1.26 bits per heavy atom. The fourth-order valence-corrected chi connectivity index (χ4v) is 4.49. The Balaban J connectivity index is 0.00000272. The largest absolute Gasteiger partial charge is 0.497 e. The molecule has 170 valence electrons. The lowest BCUT2D eigenvalue weighted by Crippen LogP contribution is -2.39. The molecular weight excluding hydrogens is 505 g/mol. The van der Waals surface area contributed by atoms with Crippen molar-refractivity contribution in [2.75, 3.05) is 27.2 Å². The highest BCUT2D eigenvalue weighted by Gasteiger charge is 2.27. The Bertz CT molecular complexity index is 879. The average Bonchev–Trinajstić information content (AvgIpc) is 3.51. The summed E-state index contributed by atoms with van der Waals surface area (Å²) in [7, 11) is 5.51. The van der Waals surface area contributed by atoms with Gasteiger partial charge in [0.15, 0.2) is 5.96 Å². The molecule has 2 aromatic rings. The molecule has 0 radical (unpaired) electrons. The van der Waals surface area contributed by atoms with Crippen LogP contribution in [0.15, 0.2) is 35.6 Å². The average molecular weight is 539 g/mol. The number of likely N-dealkylation sites (tertiary alicyclic amines) is 1. The number of aliphatic imine (C=N–C) groups is 1. The zero-order valence-electron chi connectivity index (χ0n) is 18.7. The van der Waals surface area contributed by atoms with E-state index in [0.29, 0.717) is 18.6 Å². The van der Waals surface area contributed by atoms with Gasteiger partial charge in [0.2, 0.25) is 0 Å². The minimum Gasteiger partial charge on any atom is -0.497 e. The number of rotatable bonds is 6. The fraction of sp³-hybridized carbons (Fsp3) is 0.565. The number of aryl methyl sites for hydroxylation is 1. The van der Waals surface area contributed by atoms with Crippen molar-refractivity contribution < 1.29 is 9.47 Å². The number of halogens is 1. The van der Waals surface area contributed by atoms with E-state index in [4.69, 9.17) is 9.47 Å². The van der Waals surface area contributed by atoms with Crippen LogP contribution in [-0.2, 0) is 13.6 Å². The minimum atomic E-state index is 0. The van der Waals surface area contributed by atoms with E-state index < -0.39 is 0 Å². The van der Waals surface area contributed by atoms with Crippen LogP contribution in [0.4, 0.5) is 0 Å². The summed E-state index contributed by atoms with van der Waals surface area (Å²) in [6.45, 7) is 2.62. The molecule has 4 rings (SSSR count). The van der Waals surface area contributed by atoms with Crippen molar-refractivity contribution in [2.45, 2.75) is 50.7 Å². The Labute approximate surface area is 202 Å². The SMILES string of the molecule is CN=C(NCc1ccc(OC)cc1OC1CCCC1)N1CCC(c2cnn(C)c2)C1.I. The van der Waals surface area contributed by atoms with E-state index in [1.807, 2.05) is 37.1 Å². The molecule has 2 fully saturated rings. The van der Waals surface area contributed by atoms with Crippen molar-refractivity contribution in [3.05, 3.63) is 41.7 Å². The van der Waals surface area contributed by atoms with Crippen molar-refractivity contribution in [2.24, 2.45) is 12.0 Å². The molecule has 0 amide bonds. The van der Waals surface area contributed by atoms with Crippen LogP contribution in [0.3, 0.4) is 0 Å². The lowest BCUT2D eigenvalue weighted by molar-refractivity contribution is 0.207. The van der Waals surface area contributed by atoms with Gasteiger partial charge in [-0.15, -0.1) is 24.0 Å². The molecule has 0 bridgehead atoms. The molecule has 1 atom stereocenters. The summed E-state index contributed by atoms with van der Waals surface area (Å²) in [5.74, 6) is 3.18. The molecule has 2 heterocycles. The van der Waals surface area contributed by atoms with Crippen molar-refractivity contribution >= 4 is 29.9 Å². The van der Waals surface area contributed by atoms with Crippen LogP contribution < -0.4 is 14.8 Å². The van der Waals surface area contributed by atoms with E-state index in [-0.39, 0.29) is 24.0 Å². The maximum atomic E-state index is 6.33. The topological polar surface area (TPSA) is 63.9 Å². The van der Waals surface area contributed by atoms with Gasteiger partial charge in [-0.2, -0.15) is 5.10 Å². The van der Waals surface area contributed by atoms with E-state index in [9.17, 15) is 0 Å². The molecule has 0 spiro atoms. The maximum absolute atomic E-state index is 6.33. The summed E-state index contributed by atoms with van der Waals surface area (Å²) in [6, 6.07) is 6.09. The van der Waals surface area contributed by atoms with E-state index in [1.165, 1.54) is 18.4 Å². The van der Waals surface area contributed by atoms with Gasteiger partial charge >= 0.3 is 0 Å².